The lowest BCUT2D eigenvalue weighted by molar-refractivity contribution is 0.207. The van der Waals surface area contributed by atoms with Gasteiger partial charge in [-0.3, -0.25) is 0 Å². The number of hydrogen-bond acceptors (Lipinski definition) is 5. The lowest BCUT2D eigenvalue weighted by Gasteiger charge is -2.15. The smallest absolute Gasteiger partial charge is 0.223 e. The standard InChI is InChI=1S/C14H18N2O3/c1-5-9(2)18-12-7-6-11(8-13(12)17-4)14-15-10(3)19-16-14/h6-9H,5H2,1-4H3. The highest BCUT2D eigenvalue weighted by molar-refractivity contribution is 5.60. The van der Waals surface area contributed by atoms with E-state index < -0.39 is 0 Å². The molecule has 5 nitrogen and oxygen atoms in total. The zero-order valence-electron chi connectivity index (χ0n) is 11.6. The summed E-state index contributed by atoms with van der Waals surface area (Å²) in [5.74, 6) is 2.47. The van der Waals surface area contributed by atoms with Crippen molar-refractivity contribution in [1.29, 1.82) is 0 Å². The molecule has 5 heteroatoms. The van der Waals surface area contributed by atoms with Gasteiger partial charge in [-0.25, -0.2) is 0 Å². The van der Waals surface area contributed by atoms with Crippen LogP contribution >= 0.6 is 0 Å². The van der Waals surface area contributed by atoms with Crippen LogP contribution < -0.4 is 9.47 Å². The van der Waals surface area contributed by atoms with Crippen LogP contribution in [0.5, 0.6) is 11.5 Å². The molecular formula is C14H18N2O3. The Morgan fingerprint density at radius 3 is 2.68 bits per heavy atom. The minimum absolute atomic E-state index is 0.146. The average Bonchev–Trinajstić information content (AvgIpc) is 2.85. The zero-order valence-corrected chi connectivity index (χ0v) is 11.6. The molecule has 1 heterocycles. The summed E-state index contributed by atoms with van der Waals surface area (Å²) in [5, 5.41) is 3.89. The van der Waals surface area contributed by atoms with E-state index in [0.29, 0.717) is 17.5 Å². The second kappa shape index (κ2) is 5.73. The Morgan fingerprint density at radius 1 is 1.32 bits per heavy atom. The van der Waals surface area contributed by atoms with Crippen LogP contribution in [0.15, 0.2) is 22.7 Å². The fourth-order valence-corrected chi connectivity index (χ4v) is 1.62. The predicted molar refractivity (Wildman–Crippen MR) is 71.4 cm³/mol. The Bertz CT molecular complexity index is 551. The van der Waals surface area contributed by atoms with Gasteiger partial charge in [0.05, 0.1) is 13.2 Å². The van der Waals surface area contributed by atoms with E-state index in [0.717, 1.165) is 17.7 Å². The summed E-state index contributed by atoms with van der Waals surface area (Å²) in [7, 11) is 1.62. The molecule has 1 atom stereocenters. The van der Waals surface area contributed by atoms with Gasteiger partial charge in [0, 0.05) is 12.5 Å². The van der Waals surface area contributed by atoms with Crippen molar-refractivity contribution in [1.82, 2.24) is 10.1 Å². The SMILES string of the molecule is CCC(C)Oc1ccc(-c2noc(C)n2)cc1OC. The molecule has 0 aliphatic heterocycles. The first-order valence-electron chi connectivity index (χ1n) is 6.29. The third kappa shape index (κ3) is 3.05. The number of aryl methyl sites for hydroxylation is 1. The van der Waals surface area contributed by atoms with Crippen molar-refractivity contribution in [2.45, 2.75) is 33.3 Å². The fraction of sp³-hybridized carbons (Fsp3) is 0.429. The average molecular weight is 262 g/mol. The molecule has 1 aromatic heterocycles. The highest BCUT2D eigenvalue weighted by Crippen LogP contribution is 2.32. The summed E-state index contributed by atoms with van der Waals surface area (Å²) >= 11 is 0. The maximum Gasteiger partial charge on any atom is 0.223 e. The number of nitrogens with zero attached hydrogens (tertiary/aromatic N) is 2. The number of aromatic nitrogens is 2. The molecule has 19 heavy (non-hydrogen) atoms. The minimum Gasteiger partial charge on any atom is -0.493 e. The molecule has 2 rings (SSSR count). The summed E-state index contributed by atoms with van der Waals surface area (Å²) in [6, 6.07) is 5.61. The van der Waals surface area contributed by atoms with Crippen LogP contribution in [0.4, 0.5) is 0 Å². The molecule has 0 amide bonds. The van der Waals surface area contributed by atoms with Crippen LogP contribution in [0.2, 0.25) is 0 Å². The van der Waals surface area contributed by atoms with Crippen molar-refractivity contribution in [3.05, 3.63) is 24.1 Å². The van der Waals surface area contributed by atoms with E-state index >= 15 is 0 Å². The predicted octanol–water partition coefficient (Wildman–Crippen LogP) is 3.23. The Labute approximate surface area is 112 Å². The van der Waals surface area contributed by atoms with Gasteiger partial charge in [0.25, 0.3) is 0 Å². The number of rotatable bonds is 5. The molecule has 102 valence electrons. The number of ether oxygens (including phenoxy) is 2. The molecule has 0 aliphatic carbocycles. The summed E-state index contributed by atoms with van der Waals surface area (Å²) < 4.78 is 16.1. The van der Waals surface area contributed by atoms with Gasteiger partial charge in [-0.1, -0.05) is 12.1 Å². The van der Waals surface area contributed by atoms with E-state index in [1.54, 1.807) is 14.0 Å². The minimum atomic E-state index is 0.146. The van der Waals surface area contributed by atoms with Crippen LogP contribution in [0.1, 0.15) is 26.2 Å². The van der Waals surface area contributed by atoms with Crippen LogP contribution in [0.3, 0.4) is 0 Å². The van der Waals surface area contributed by atoms with E-state index in [2.05, 4.69) is 17.1 Å². The molecular weight excluding hydrogens is 244 g/mol. The van der Waals surface area contributed by atoms with Gasteiger partial charge >= 0.3 is 0 Å². The Balaban J connectivity index is 2.30. The van der Waals surface area contributed by atoms with E-state index in [4.69, 9.17) is 14.0 Å². The van der Waals surface area contributed by atoms with Gasteiger partial charge in [-0.15, -0.1) is 0 Å². The quantitative estimate of drug-likeness (QED) is 0.828. The lowest BCUT2D eigenvalue weighted by Crippen LogP contribution is -2.10. The molecule has 0 bridgehead atoms. The topological polar surface area (TPSA) is 57.4 Å². The van der Waals surface area contributed by atoms with E-state index in [1.807, 2.05) is 25.1 Å². The van der Waals surface area contributed by atoms with Gasteiger partial charge in [0.15, 0.2) is 11.5 Å². The molecule has 0 N–H and O–H groups in total. The molecule has 0 fully saturated rings. The summed E-state index contributed by atoms with van der Waals surface area (Å²) in [6.07, 6.45) is 1.08. The summed E-state index contributed by atoms with van der Waals surface area (Å²) in [5.41, 5.74) is 0.838. The van der Waals surface area contributed by atoms with Gasteiger partial charge in [0.2, 0.25) is 11.7 Å². The Morgan fingerprint density at radius 2 is 2.11 bits per heavy atom. The second-order valence-electron chi connectivity index (χ2n) is 4.34. The molecule has 0 radical (unpaired) electrons. The van der Waals surface area contributed by atoms with Gasteiger partial charge in [-0.05, 0) is 31.5 Å². The van der Waals surface area contributed by atoms with Crippen molar-refractivity contribution in [2.24, 2.45) is 0 Å². The molecule has 2 aromatic rings. The molecule has 1 aromatic carbocycles. The van der Waals surface area contributed by atoms with Gasteiger partial charge in [0.1, 0.15) is 0 Å². The maximum atomic E-state index is 5.79. The summed E-state index contributed by atoms with van der Waals surface area (Å²) in [4.78, 5) is 4.19. The normalized spacial score (nSPS) is 12.2. The van der Waals surface area contributed by atoms with Crippen LogP contribution in [-0.4, -0.2) is 23.4 Å². The van der Waals surface area contributed by atoms with Crippen LogP contribution in [0, 0.1) is 6.92 Å². The Kier molecular flexibility index (Phi) is 4.04. The summed E-state index contributed by atoms with van der Waals surface area (Å²) in [6.45, 7) is 5.86. The monoisotopic (exact) mass is 262 g/mol. The highest BCUT2D eigenvalue weighted by Gasteiger charge is 2.12. The van der Waals surface area contributed by atoms with Crippen molar-refractivity contribution < 1.29 is 14.0 Å². The number of hydrogen-bond donors (Lipinski definition) is 0. The van der Waals surface area contributed by atoms with Gasteiger partial charge in [-0.2, -0.15) is 4.98 Å². The molecule has 0 saturated carbocycles. The van der Waals surface area contributed by atoms with E-state index in [-0.39, 0.29) is 6.10 Å². The number of methoxy groups -OCH3 is 1. The van der Waals surface area contributed by atoms with Crippen molar-refractivity contribution in [3.8, 4) is 22.9 Å². The van der Waals surface area contributed by atoms with E-state index in [9.17, 15) is 0 Å². The first-order valence-corrected chi connectivity index (χ1v) is 6.29. The number of benzene rings is 1. The fourth-order valence-electron chi connectivity index (χ4n) is 1.62. The van der Waals surface area contributed by atoms with Crippen molar-refractivity contribution in [3.63, 3.8) is 0 Å². The largest absolute Gasteiger partial charge is 0.493 e. The lowest BCUT2D eigenvalue weighted by atomic mass is 10.2. The molecule has 0 aliphatic rings. The van der Waals surface area contributed by atoms with Crippen molar-refractivity contribution >= 4 is 0 Å². The molecule has 0 spiro atoms. The van der Waals surface area contributed by atoms with Crippen molar-refractivity contribution in [2.75, 3.05) is 7.11 Å². The molecule has 0 saturated heterocycles. The Hall–Kier alpha value is -2.04. The van der Waals surface area contributed by atoms with Crippen LogP contribution in [0.25, 0.3) is 11.4 Å². The molecule has 1 unspecified atom stereocenters. The van der Waals surface area contributed by atoms with Crippen LogP contribution in [-0.2, 0) is 0 Å². The van der Waals surface area contributed by atoms with E-state index in [1.165, 1.54) is 0 Å². The highest BCUT2D eigenvalue weighted by atomic mass is 16.5. The first-order chi connectivity index (χ1) is 9.13. The zero-order chi connectivity index (χ0) is 13.8. The third-order valence-electron chi connectivity index (χ3n) is 2.85. The first kappa shape index (κ1) is 13.4. The maximum absolute atomic E-state index is 5.79. The van der Waals surface area contributed by atoms with Gasteiger partial charge < -0.3 is 14.0 Å². The second-order valence-corrected chi connectivity index (χ2v) is 4.34. The third-order valence-corrected chi connectivity index (χ3v) is 2.85.